The second-order valence-electron chi connectivity index (χ2n) is 12.5. The molecule has 5 atom stereocenters. The van der Waals surface area contributed by atoms with Crippen LogP contribution in [0.15, 0.2) is 48.2 Å². The molecule has 2 saturated heterocycles. The summed E-state index contributed by atoms with van der Waals surface area (Å²) in [6.07, 6.45) is -6.06. The fourth-order valence-electron chi connectivity index (χ4n) is 6.68. The maximum absolute atomic E-state index is 13.6. The van der Waals surface area contributed by atoms with Crippen molar-refractivity contribution in [3.8, 4) is 0 Å². The Balaban J connectivity index is 1.33. The van der Waals surface area contributed by atoms with Gasteiger partial charge in [-0.05, 0) is 86.9 Å². The van der Waals surface area contributed by atoms with E-state index in [1.807, 2.05) is 24.3 Å². The summed E-state index contributed by atoms with van der Waals surface area (Å²) < 4.78 is 98.1. The molecular formula is C34H35F6N3O5. The first kappa shape index (κ1) is 33.7. The number of cyclic esters (lactones) is 1. The zero-order valence-corrected chi connectivity index (χ0v) is 26.5. The maximum Gasteiger partial charge on any atom is 0.416 e. The van der Waals surface area contributed by atoms with Crippen molar-refractivity contribution in [3.63, 3.8) is 0 Å². The lowest BCUT2D eigenvalue weighted by atomic mass is 9.86. The third-order valence-electron chi connectivity index (χ3n) is 9.50. The van der Waals surface area contributed by atoms with Gasteiger partial charge in [0, 0.05) is 24.2 Å². The van der Waals surface area contributed by atoms with Gasteiger partial charge in [-0.25, -0.2) is 9.78 Å². The number of hydrogen-bond donors (Lipinski definition) is 0. The van der Waals surface area contributed by atoms with Gasteiger partial charge in [-0.15, -0.1) is 0 Å². The van der Waals surface area contributed by atoms with E-state index in [1.165, 1.54) is 18.9 Å². The number of alkyl halides is 6. The Kier molecular flexibility index (Phi) is 8.88. The van der Waals surface area contributed by atoms with Crippen LogP contribution in [0.4, 0.5) is 37.0 Å². The Labute approximate surface area is 273 Å². The van der Waals surface area contributed by atoms with E-state index in [9.17, 15) is 35.9 Å². The Bertz CT molecular complexity index is 1620. The van der Waals surface area contributed by atoms with E-state index < -0.39 is 47.3 Å². The number of hydrogen-bond acceptors (Lipinski definition) is 7. The topological polar surface area (TPSA) is 81.2 Å². The number of esters is 1. The summed E-state index contributed by atoms with van der Waals surface area (Å²) in [6, 6.07) is 4.02. The minimum Gasteiger partial charge on any atom is -0.496 e. The standard InChI is InChI=1S/C34H35F6N3O5/c1-4-47-31(44)26-16-24(26)19-6-8-28(46-3)25(14-19)23-7-9-29(42-10-5-11-42)41-27(23)17-43-18(2)30(48-32(43)45)20-12-21(33(35,36)37)15-22(13-20)34(38,39)40/h7-9,12-15,18-19,24,26,30H,4-6,10-11,16-17H2,1-3H3/t18-,19?,24+,26-,30-/m0/s1. The van der Waals surface area contributed by atoms with Crippen LogP contribution >= 0.6 is 0 Å². The number of benzene rings is 1. The summed E-state index contributed by atoms with van der Waals surface area (Å²) in [4.78, 5) is 33.9. The second-order valence-corrected chi connectivity index (χ2v) is 12.5. The Morgan fingerprint density at radius 1 is 1.06 bits per heavy atom. The molecule has 1 amide bonds. The zero-order chi connectivity index (χ0) is 34.5. The van der Waals surface area contributed by atoms with Gasteiger partial charge in [0.15, 0.2) is 0 Å². The molecule has 1 aromatic carbocycles. The first-order chi connectivity index (χ1) is 22.7. The van der Waals surface area contributed by atoms with Crippen molar-refractivity contribution in [2.45, 2.75) is 64.2 Å². The molecule has 2 aliphatic heterocycles. The predicted molar refractivity (Wildman–Crippen MR) is 161 cm³/mol. The van der Waals surface area contributed by atoms with Crippen molar-refractivity contribution in [1.29, 1.82) is 0 Å². The minimum absolute atomic E-state index is 0.0139. The molecule has 0 bridgehead atoms. The van der Waals surface area contributed by atoms with Crippen LogP contribution in [-0.2, 0) is 37.9 Å². The van der Waals surface area contributed by atoms with E-state index in [4.69, 9.17) is 19.2 Å². The van der Waals surface area contributed by atoms with Gasteiger partial charge in [-0.3, -0.25) is 9.69 Å². The normalized spacial score (nSPS) is 25.6. The summed E-state index contributed by atoms with van der Waals surface area (Å²) in [6.45, 7) is 5.03. The monoisotopic (exact) mass is 679 g/mol. The fraction of sp³-hybridized carbons (Fsp3) is 0.500. The smallest absolute Gasteiger partial charge is 0.416 e. The first-order valence-electron chi connectivity index (χ1n) is 15.8. The summed E-state index contributed by atoms with van der Waals surface area (Å²) >= 11 is 0. The van der Waals surface area contributed by atoms with E-state index in [1.54, 1.807) is 6.92 Å². The Hall–Kier alpha value is -4.23. The molecule has 1 aromatic heterocycles. The van der Waals surface area contributed by atoms with Crippen LogP contribution in [0.3, 0.4) is 0 Å². The number of nitrogens with zero attached hydrogens (tertiary/aromatic N) is 3. The molecule has 8 nitrogen and oxygen atoms in total. The molecule has 6 rings (SSSR count). The van der Waals surface area contributed by atoms with Crippen LogP contribution in [0.1, 0.15) is 67.2 Å². The molecule has 4 aliphatic rings. The Morgan fingerprint density at radius 3 is 2.33 bits per heavy atom. The van der Waals surface area contributed by atoms with E-state index in [0.29, 0.717) is 60.0 Å². The average molecular weight is 680 g/mol. The van der Waals surface area contributed by atoms with Gasteiger partial charge in [0.25, 0.3) is 0 Å². The molecule has 3 fully saturated rings. The first-order valence-corrected chi connectivity index (χ1v) is 15.8. The lowest BCUT2D eigenvalue weighted by Crippen LogP contribution is -2.38. The van der Waals surface area contributed by atoms with Crippen LogP contribution in [0.5, 0.6) is 0 Å². The highest BCUT2D eigenvalue weighted by molar-refractivity contribution is 5.81. The van der Waals surface area contributed by atoms with Gasteiger partial charge >= 0.3 is 24.4 Å². The van der Waals surface area contributed by atoms with Gasteiger partial charge in [0.05, 0.1) is 49.0 Å². The summed E-state index contributed by atoms with van der Waals surface area (Å²) in [7, 11) is 1.54. The van der Waals surface area contributed by atoms with Gasteiger partial charge in [0.1, 0.15) is 17.7 Å². The Morgan fingerprint density at radius 2 is 1.75 bits per heavy atom. The number of amides is 1. The minimum atomic E-state index is -5.05. The molecule has 258 valence electrons. The number of allylic oxidation sites excluding steroid dienone is 3. The van der Waals surface area contributed by atoms with Crippen LogP contribution < -0.4 is 4.90 Å². The van der Waals surface area contributed by atoms with Crippen molar-refractivity contribution in [2.75, 3.05) is 31.7 Å². The molecule has 3 heterocycles. The molecule has 2 aromatic rings. The van der Waals surface area contributed by atoms with Crippen molar-refractivity contribution in [2.24, 2.45) is 17.8 Å². The molecule has 48 heavy (non-hydrogen) atoms. The third kappa shape index (κ3) is 6.57. The summed E-state index contributed by atoms with van der Waals surface area (Å²) in [5.41, 5.74) is -1.57. The highest BCUT2D eigenvalue weighted by Crippen LogP contribution is 2.50. The van der Waals surface area contributed by atoms with E-state index >= 15 is 0 Å². The quantitative estimate of drug-likeness (QED) is 0.200. The maximum atomic E-state index is 13.6. The van der Waals surface area contributed by atoms with Crippen molar-refractivity contribution < 1.29 is 50.1 Å². The lowest BCUT2D eigenvalue weighted by Gasteiger charge is -2.33. The predicted octanol–water partition coefficient (Wildman–Crippen LogP) is 7.54. The molecule has 2 aliphatic carbocycles. The number of carbonyl (C=O) groups is 2. The largest absolute Gasteiger partial charge is 0.496 e. The molecule has 14 heteroatoms. The number of ether oxygens (including phenoxy) is 3. The molecule has 1 saturated carbocycles. The van der Waals surface area contributed by atoms with Crippen LogP contribution in [-0.4, -0.2) is 54.8 Å². The van der Waals surface area contributed by atoms with Crippen molar-refractivity contribution in [3.05, 3.63) is 76.2 Å². The number of methoxy groups -OCH3 is 1. The van der Waals surface area contributed by atoms with Gasteiger partial charge < -0.3 is 19.1 Å². The number of aromatic nitrogens is 1. The van der Waals surface area contributed by atoms with Gasteiger partial charge in [0.2, 0.25) is 0 Å². The average Bonchev–Trinajstić information content (AvgIpc) is 3.76. The summed E-state index contributed by atoms with van der Waals surface area (Å²) in [5, 5.41) is 0. The van der Waals surface area contributed by atoms with Crippen molar-refractivity contribution in [1.82, 2.24) is 9.88 Å². The zero-order valence-electron chi connectivity index (χ0n) is 26.5. The number of halogens is 6. The van der Waals surface area contributed by atoms with E-state index in [0.717, 1.165) is 19.5 Å². The van der Waals surface area contributed by atoms with E-state index in [2.05, 4.69) is 4.90 Å². The summed E-state index contributed by atoms with van der Waals surface area (Å²) in [5.74, 6) is 0.943. The number of pyridine rings is 1. The highest BCUT2D eigenvalue weighted by Gasteiger charge is 2.49. The third-order valence-corrected chi connectivity index (χ3v) is 9.50. The number of anilines is 1. The van der Waals surface area contributed by atoms with Crippen molar-refractivity contribution >= 4 is 23.5 Å². The van der Waals surface area contributed by atoms with Crippen LogP contribution in [0.25, 0.3) is 5.57 Å². The SMILES string of the molecule is CCOC(=O)[C@H]1C[C@@H]1C1C=C(c2ccc(N3CCC3)nc2CN2C(=O)O[C@H](c3cc(C(F)(F)F)cc(C(F)(F)F)c3)[C@@H]2C)C(OC)=CC1. The second kappa shape index (κ2) is 12.7. The lowest BCUT2D eigenvalue weighted by molar-refractivity contribution is -0.145. The molecule has 0 radical (unpaired) electrons. The molecule has 0 N–H and O–H groups in total. The fourth-order valence-corrected chi connectivity index (χ4v) is 6.68. The molecular weight excluding hydrogens is 644 g/mol. The molecule has 1 unspecified atom stereocenters. The van der Waals surface area contributed by atoms with Gasteiger partial charge in [-0.2, -0.15) is 26.3 Å². The van der Waals surface area contributed by atoms with Crippen LogP contribution in [0, 0.1) is 17.8 Å². The van der Waals surface area contributed by atoms with E-state index in [-0.39, 0.29) is 36.3 Å². The highest BCUT2D eigenvalue weighted by atomic mass is 19.4. The molecule has 0 spiro atoms. The van der Waals surface area contributed by atoms with Gasteiger partial charge in [-0.1, -0.05) is 6.08 Å². The van der Waals surface area contributed by atoms with Crippen LogP contribution in [0.2, 0.25) is 0 Å². The number of rotatable bonds is 9. The number of carbonyl (C=O) groups excluding carboxylic acids is 2.